The first-order valence-electron chi connectivity index (χ1n) is 19.4. The molecule has 8 aromatic carbocycles. The van der Waals surface area contributed by atoms with Gasteiger partial charge in [-0.15, -0.1) is 0 Å². The van der Waals surface area contributed by atoms with Gasteiger partial charge in [0.2, 0.25) is 0 Å². The SMILES string of the molecule is O=[N+]([O-])c1ccccc1-c1cc(-c2nc(-c3ccccc3)nc(-c3ccccc3)n2)ccc1-n1c2ccccc2c2ccc3c4ccccc4n(-c4ccccc4)c3c21. The molecule has 0 aliphatic rings. The minimum atomic E-state index is -0.312. The molecule has 0 bridgehead atoms. The molecular formula is C51H32N6O2. The van der Waals surface area contributed by atoms with Gasteiger partial charge in [0, 0.05) is 55.6 Å². The maximum atomic E-state index is 12.8. The van der Waals surface area contributed by atoms with E-state index in [1.54, 1.807) is 12.1 Å². The predicted molar refractivity (Wildman–Crippen MR) is 237 cm³/mol. The van der Waals surface area contributed by atoms with Crippen molar-refractivity contribution < 1.29 is 4.92 Å². The number of hydrogen-bond donors (Lipinski definition) is 0. The van der Waals surface area contributed by atoms with Gasteiger partial charge in [0.15, 0.2) is 17.5 Å². The first-order chi connectivity index (χ1) is 29.1. The first kappa shape index (κ1) is 34.1. The van der Waals surface area contributed by atoms with Crippen LogP contribution in [0.15, 0.2) is 194 Å². The molecule has 3 aromatic heterocycles. The third-order valence-electron chi connectivity index (χ3n) is 11.1. The lowest BCUT2D eigenvalue weighted by molar-refractivity contribution is -0.384. The van der Waals surface area contributed by atoms with Gasteiger partial charge in [-0.05, 0) is 48.5 Å². The Labute approximate surface area is 338 Å². The van der Waals surface area contributed by atoms with Crippen molar-refractivity contribution in [3.63, 3.8) is 0 Å². The summed E-state index contributed by atoms with van der Waals surface area (Å²) < 4.78 is 4.61. The number of benzene rings is 8. The number of nitrogens with zero attached hydrogens (tertiary/aromatic N) is 6. The molecule has 0 fully saturated rings. The van der Waals surface area contributed by atoms with E-state index in [0.717, 1.165) is 66.1 Å². The van der Waals surface area contributed by atoms with E-state index in [0.29, 0.717) is 34.2 Å². The third kappa shape index (κ3) is 5.57. The fourth-order valence-corrected chi connectivity index (χ4v) is 8.48. The standard InChI is InChI=1S/C51H32N6O2/c58-57(59)46-27-15-12-24-39(46)42-32-35(51-53-49(33-16-4-1-5-17-33)52-50(54-51)34-18-6-2-7-19-34)28-31-45(42)56-44-26-14-11-23-38(44)41-30-29-40-37-22-10-13-25-43(37)55(47(40)48(41)56)36-20-8-3-9-21-36/h1-32H. The second-order valence-corrected chi connectivity index (χ2v) is 14.4. The van der Waals surface area contributed by atoms with Crippen molar-refractivity contribution in [1.29, 1.82) is 0 Å². The Morgan fingerprint density at radius 1 is 0.407 bits per heavy atom. The Hall–Kier alpha value is -8.23. The maximum Gasteiger partial charge on any atom is 0.277 e. The highest BCUT2D eigenvalue weighted by atomic mass is 16.6. The van der Waals surface area contributed by atoms with E-state index in [1.807, 2.05) is 97.1 Å². The molecule has 0 unspecified atom stereocenters. The van der Waals surface area contributed by atoms with Crippen molar-refractivity contribution in [1.82, 2.24) is 24.1 Å². The molecular weight excluding hydrogens is 729 g/mol. The van der Waals surface area contributed by atoms with Crippen LogP contribution in [0.1, 0.15) is 0 Å². The third-order valence-corrected chi connectivity index (χ3v) is 11.1. The van der Waals surface area contributed by atoms with Crippen molar-refractivity contribution in [3.05, 3.63) is 204 Å². The van der Waals surface area contributed by atoms with Gasteiger partial charge in [0.1, 0.15) is 0 Å². The molecule has 8 heteroatoms. The molecule has 0 spiro atoms. The molecule has 0 aliphatic carbocycles. The summed E-state index contributed by atoms with van der Waals surface area (Å²) in [6.07, 6.45) is 0. The summed E-state index contributed by atoms with van der Waals surface area (Å²) in [4.78, 5) is 27.5. The van der Waals surface area contributed by atoms with E-state index >= 15 is 0 Å². The molecule has 0 saturated carbocycles. The zero-order valence-corrected chi connectivity index (χ0v) is 31.5. The fourth-order valence-electron chi connectivity index (χ4n) is 8.48. The molecule has 3 heterocycles. The Morgan fingerprint density at radius 3 is 1.47 bits per heavy atom. The van der Waals surface area contributed by atoms with Crippen molar-refractivity contribution in [2.45, 2.75) is 0 Å². The number of rotatable bonds is 7. The topological polar surface area (TPSA) is 91.7 Å². The Kier molecular flexibility index (Phi) is 7.94. The normalized spacial score (nSPS) is 11.5. The molecule has 0 atom stereocenters. The summed E-state index contributed by atoms with van der Waals surface area (Å²) in [7, 11) is 0. The van der Waals surface area contributed by atoms with Gasteiger partial charge < -0.3 is 9.13 Å². The van der Waals surface area contributed by atoms with Crippen LogP contribution in [0.3, 0.4) is 0 Å². The summed E-state index contributed by atoms with van der Waals surface area (Å²) in [5.41, 5.74) is 9.48. The monoisotopic (exact) mass is 760 g/mol. The number of hydrogen-bond acceptors (Lipinski definition) is 5. The van der Waals surface area contributed by atoms with Crippen LogP contribution in [-0.4, -0.2) is 29.0 Å². The van der Waals surface area contributed by atoms with Crippen molar-refractivity contribution in [2.75, 3.05) is 0 Å². The summed E-state index contributed by atoms with van der Waals surface area (Å²) in [6.45, 7) is 0. The number of para-hydroxylation sites is 4. The van der Waals surface area contributed by atoms with Crippen LogP contribution >= 0.6 is 0 Å². The van der Waals surface area contributed by atoms with E-state index in [9.17, 15) is 10.1 Å². The Bertz CT molecular complexity index is 3350. The highest BCUT2D eigenvalue weighted by molar-refractivity contribution is 6.24. The second-order valence-electron chi connectivity index (χ2n) is 14.4. The summed E-state index contributed by atoms with van der Waals surface area (Å²) in [5.74, 6) is 1.52. The molecule has 0 aliphatic heterocycles. The minimum absolute atomic E-state index is 0.000749. The molecule has 8 nitrogen and oxygen atoms in total. The van der Waals surface area contributed by atoms with E-state index in [4.69, 9.17) is 15.0 Å². The number of nitro benzene ring substituents is 1. The zero-order chi connectivity index (χ0) is 39.5. The molecule has 0 N–H and O–H groups in total. The maximum absolute atomic E-state index is 12.8. The minimum Gasteiger partial charge on any atom is -0.307 e. The van der Waals surface area contributed by atoms with Gasteiger partial charge in [0.05, 0.1) is 38.2 Å². The van der Waals surface area contributed by atoms with Crippen molar-refractivity contribution in [3.8, 4) is 56.7 Å². The smallest absolute Gasteiger partial charge is 0.277 e. The second kappa shape index (κ2) is 13.8. The lowest BCUT2D eigenvalue weighted by Gasteiger charge is -2.17. The van der Waals surface area contributed by atoms with E-state index in [-0.39, 0.29) is 10.6 Å². The summed E-state index contributed by atoms with van der Waals surface area (Å²) >= 11 is 0. The Morgan fingerprint density at radius 2 is 0.881 bits per heavy atom. The van der Waals surface area contributed by atoms with E-state index in [2.05, 4.69) is 94.1 Å². The lowest BCUT2D eigenvalue weighted by atomic mass is 9.98. The number of nitro groups is 1. The van der Waals surface area contributed by atoms with Crippen LogP contribution in [-0.2, 0) is 0 Å². The van der Waals surface area contributed by atoms with Crippen LogP contribution in [0.2, 0.25) is 0 Å². The van der Waals surface area contributed by atoms with Crippen LogP contribution in [0, 0.1) is 10.1 Å². The molecule has 0 radical (unpaired) electrons. The van der Waals surface area contributed by atoms with Crippen molar-refractivity contribution in [2.24, 2.45) is 0 Å². The molecule has 0 saturated heterocycles. The molecule has 278 valence electrons. The van der Waals surface area contributed by atoms with Crippen LogP contribution in [0.4, 0.5) is 5.69 Å². The summed E-state index contributed by atoms with van der Waals surface area (Å²) in [6, 6.07) is 64.4. The van der Waals surface area contributed by atoms with Gasteiger partial charge in [0.25, 0.3) is 5.69 Å². The summed E-state index contributed by atoms with van der Waals surface area (Å²) in [5, 5.41) is 17.2. The van der Waals surface area contributed by atoms with Crippen LogP contribution < -0.4 is 0 Å². The molecule has 11 aromatic rings. The predicted octanol–water partition coefficient (Wildman–Crippen LogP) is 12.6. The molecule has 59 heavy (non-hydrogen) atoms. The highest BCUT2D eigenvalue weighted by Crippen LogP contribution is 2.45. The number of aromatic nitrogens is 5. The first-order valence-corrected chi connectivity index (χ1v) is 19.4. The van der Waals surface area contributed by atoms with Gasteiger partial charge >= 0.3 is 0 Å². The Balaban J connectivity index is 1.26. The van der Waals surface area contributed by atoms with Crippen LogP contribution in [0.5, 0.6) is 0 Å². The zero-order valence-electron chi connectivity index (χ0n) is 31.5. The fraction of sp³-hybridized carbons (Fsp3) is 0. The molecule has 11 rings (SSSR count). The van der Waals surface area contributed by atoms with Gasteiger partial charge in [-0.3, -0.25) is 10.1 Å². The van der Waals surface area contributed by atoms with E-state index in [1.165, 1.54) is 0 Å². The van der Waals surface area contributed by atoms with Crippen molar-refractivity contribution >= 4 is 49.3 Å². The highest BCUT2D eigenvalue weighted by Gasteiger charge is 2.25. The quantitative estimate of drug-likeness (QED) is 0.119. The van der Waals surface area contributed by atoms with E-state index < -0.39 is 0 Å². The number of fused-ring (bicyclic) bond motifs is 7. The lowest BCUT2D eigenvalue weighted by Crippen LogP contribution is -2.03. The largest absolute Gasteiger partial charge is 0.307 e. The average Bonchev–Trinajstić information content (AvgIpc) is 3.82. The van der Waals surface area contributed by atoms with Gasteiger partial charge in [-0.2, -0.15) is 0 Å². The van der Waals surface area contributed by atoms with Gasteiger partial charge in [-0.1, -0.05) is 140 Å². The van der Waals surface area contributed by atoms with Gasteiger partial charge in [-0.25, -0.2) is 15.0 Å². The van der Waals surface area contributed by atoms with Crippen LogP contribution in [0.25, 0.3) is 100 Å². The average molecular weight is 761 g/mol. The molecule has 0 amide bonds.